The summed E-state index contributed by atoms with van der Waals surface area (Å²) in [7, 11) is 0. The zero-order valence-electron chi connectivity index (χ0n) is 19.7. The van der Waals surface area contributed by atoms with E-state index in [1.807, 2.05) is 24.3 Å². The van der Waals surface area contributed by atoms with E-state index in [2.05, 4.69) is 36.6 Å². The molecule has 5 rings (SSSR count). The molecule has 2 aromatic carbocycles. The van der Waals surface area contributed by atoms with Crippen LogP contribution in [0.1, 0.15) is 51.5 Å². The van der Waals surface area contributed by atoms with Crippen LogP contribution in [0.5, 0.6) is 5.75 Å². The van der Waals surface area contributed by atoms with Gasteiger partial charge < -0.3 is 20.7 Å². The highest BCUT2D eigenvalue weighted by Gasteiger charge is 2.32. The van der Waals surface area contributed by atoms with E-state index in [1.165, 1.54) is 18.9 Å². The molecule has 3 N–H and O–H groups in total. The van der Waals surface area contributed by atoms with Crippen LogP contribution in [0.2, 0.25) is 0 Å². The molecule has 0 saturated heterocycles. The van der Waals surface area contributed by atoms with E-state index < -0.39 is 6.36 Å². The van der Waals surface area contributed by atoms with E-state index >= 15 is 0 Å². The first-order valence-electron chi connectivity index (χ1n) is 12.4. The molecule has 0 atom stereocenters. The Morgan fingerprint density at radius 2 is 1.68 bits per heavy atom. The number of nitrogens with zero attached hydrogens (tertiary/aromatic N) is 2. The molecule has 200 valence electrons. The van der Waals surface area contributed by atoms with Crippen molar-refractivity contribution in [3.05, 3.63) is 52.5 Å². The maximum absolute atomic E-state index is 12.8. The third kappa shape index (κ3) is 7.70. The highest BCUT2D eigenvalue weighted by Crippen LogP contribution is 2.32. The van der Waals surface area contributed by atoms with Crippen LogP contribution in [0, 0.1) is 5.92 Å². The van der Waals surface area contributed by atoms with Crippen LogP contribution in [0.3, 0.4) is 0 Å². The summed E-state index contributed by atoms with van der Waals surface area (Å²) in [6.07, 6.45) is 1.48. The molecule has 0 unspecified atom stereocenters. The van der Waals surface area contributed by atoms with E-state index in [4.69, 9.17) is 9.97 Å². The highest BCUT2D eigenvalue weighted by atomic mass is 79.9. The van der Waals surface area contributed by atoms with Gasteiger partial charge in [0.1, 0.15) is 11.6 Å². The molecule has 1 heterocycles. The first-order valence-corrected chi connectivity index (χ1v) is 13.2. The molecule has 0 aliphatic heterocycles. The lowest BCUT2D eigenvalue weighted by atomic mass is 9.91. The van der Waals surface area contributed by atoms with Crippen LogP contribution in [0.15, 0.2) is 46.9 Å². The topological polar surface area (TPSA) is 71.1 Å². The SMILES string of the molecule is C.FC(F)(F)Oc1cc(Br)ccc1CNC1CCC(Nc2nc(NCC3CC3)c3ccccc3n2)CC1. The molecular formula is C27H33BrF3N5O. The molecule has 6 nitrogen and oxygen atoms in total. The first-order chi connectivity index (χ1) is 17.3. The summed E-state index contributed by atoms with van der Waals surface area (Å²) in [5, 5.41) is 11.4. The van der Waals surface area contributed by atoms with Crippen molar-refractivity contribution in [1.82, 2.24) is 15.3 Å². The van der Waals surface area contributed by atoms with Gasteiger partial charge in [-0.1, -0.05) is 41.6 Å². The van der Waals surface area contributed by atoms with Crippen molar-refractivity contribution in [2.45, 2.75) is 70.9 Å². The summed E-state index contributed by atoms with van der Waals surface area (Å²) >= 11 is 3.21. The zero-order chi connectivity index (χ0) is 25.1. The van der Waals surface area contributed by atoms with Crippen LogP contribution in [0.4, 0.5) is 24.9 Å². The van der Waals surface area contributed by atoms with Gasteiger partial charge >= 0.3 is 6.36 Å². The fraction of sp³-hybridized carbons (Fsp3) is 0.481. The van der Waals surface area contributed by atoms with Gasteiger partial charge in [0.25, 0.3) is 0 Å². The number of anilines is 2. The lowest BCUT2D eigenvalue weighted by Crippen LogP contribution is -2.37. The summed E-state index contributed by atoms with van der Waals surface area (Å²) in [5.74, 6) is 2.06. The molecule has 2 aliphatic carbocycles. The number of benzene rings is 2. The third-order valence-corrected chi connectivity index (χ3v) is 7.25. The Kier molecular flexibility index (Phi) is 8.79. The maximum Gasteiger partial charge on any atom is 0.573 e. The van der Waals surface area contributed by atoms with Gasteiger partial charge in [0.2, 0.25) is 5.95 Å². The van der Waals surface area contributed by atoms with E-state index in [1.54, 1.807) is 12.1 Å². The zero-order valence-corrected chi connectivity index (χ0v) is 21.3. The van der Waals surface area contributed by atoms with Crippen LogP contribution in [-0.4, -0.2) is 35.0 Å². The number of nitrogens with one attached hydrogen (secondary N) is 3. The summed E-state index contributed by atoms with van der Waals surface area (Å²) in [4.78, 5) is 9.50. The van der Waals surface area contributed by atoms with Gasteiger partial charge in [-0.15, -0.1) is 13.2 Å². The molecule has 10 heteroatoms. The molecule has 37 heavy (non-hydrogen) atoms. The van der Waals surface area contributed by atoms with E-state index in [9.17, 15) is 13.2 Å². The van der Waals surface area contributed by atoms with Crippen LogP contribution < -0.4 is 20.7 Å². The number of rotatable bonds is 9. The van der Waals surface area contributed by atoms with Gasteiger partial charge in [-0.25, -0.2) is 4.98 Å². The second-order valence-corrected chi connectivity index (χ2v) is 10.5. The number of fused-ring (bicyclic) bond motifs is 1. The van der Waals surface area contributed by atoms with E-state index in [0.29, 0.717) is 22.5 Å². The molecule has 2 saturated carbocycles. The Morgan fingerprint density at radius 1 is 0.946 bits per heavy atom. The minimum atomic E-state index is -4.72. The number of hydrogen-bond donors (Lipinski definition) is 3. The quantitative estimate of drug-likeness (QED) is 0.248. The molecule has 0 spiro atoms. The fourth-order valence-corrected chi connectivity index (χ4v) is 4.95. The van der Waals surface area contributed by atoms with Gasteiger partial charge in [0, 0.05) is 40.6 Å². The lowest BCUT2D eigenvalue weighted by molar-refractivity contribution is -0.274. The predicted molar refractivity (Wildman–Crippen MR) is 145 cm³/mol. The molecule has 2 fully saturated rings. The van der Waals surface area contributed by atoms with E-state index in [-0.39, 0.29) is 25.3 Å². The first kappa shape index (κ1) is 27.4. The normalized spacial score (nSPS) is 19.8. The molecule has 0 radical (unpaired) electrons. The Hall–Kier alpha value is -2.59. The average molecular weight is 580 g/mol. The van der Waals surface area contributed by atoms with Crippen molar-refractivity contribution in [3.63, 3.8) is 0 Å². The minimum Gasteiger partial charge on any atom is -0.405 e. The van der Waals surface area contributed by atoms with Crippen molar-refractivity contribution in [1.29, 1.82) is 0 Å². The second kappa shape index (κ2) is 11.9. The summed E-state index contributed by atoms with van der Waals surface area (Å²) < 4.78 is 43.1. The summed E-state index contributed by atoms with van der Waals surface area (Å²) in [6, 6.07) is 13.2. The van der Waals surface area contributed by atoms with Crippen LogP contribution in [-0.2, 0) is 6.54 Å². The maximum atomic E-state index is 12.8. The van der Waals surface area contributed by atoms with Gasteiger partial charge in [-0.2, -0.15) is 4.98 Å². The Morgan fingerprint density at radius 3 is 2.41 bits per heavy atom. The van der Waals surface area contributed by atoms with Crippen LogP contribution in [0.25, 0.3) is 10.9 Å². The Balaban J connectivity index is 0.00000320. The second-order valence-electron chi connectivity index (χ2n) is 9.61. The number of aromatic nitrogens is 2. The van der Waals surface area contributed by atoms with Gasteiger partial charge in [-0.05, 0) is 68.7 Å². The Bertz CT molecular complexity index is 1200. The van der Waals surface area contributed by atoms with Crippen molar-refractivity contribution in [2.75, 3.05) is 17.2 Å². The average Bonchev–Trinajstić information content (AvgIpc) is 3.67. The lowest BCUT2D eigenvalue weighted by Gasteiger charge is -2.30. The summed E-state index contributed by atoms with van der Waals surface area (Å²) in [5.41, 5.74) is 1.39. The largest absolute Gasteiger partial charge is 0.573 e. The fourth-order valence-electron chi connectivity index (χ4n) is 4.61. The van der Waals surface area contributed by atoms with Gasteiger partial charge in [-0.3, -0.25) is 0 Å². The van der Waals surface area contributed by atoms with Crippen molar-refractivity contribution < 1.29 is 17.9 Å². The van der Waals surface area contributed by atoms with Crippen molar-refractivity contribution in [2.24, 2.45) is 5.92 Å². The molecular weight excluding hydrogens is 547 g/mol. The molecule has 1 aromatic heterocycles. The molecule has 3 aromatic rings. The number of halogens is 4. The molecule has 0 bridgehead atoms. The standard InChI is InChI=1S/C26H29BrF3N5O.CH4/c27-18-8-7-17(23(13-18)36-26(28,29)30)15-31-19-9-11-20(12-10-19)33-25-34-22-4-2-1-3-21(22)24(35-25)32-14-16-5-6-16;/h1-4,7-8,13,16,19-20,31H,5-6,9-12,14-15H2,(H2,32,33,34,35);1H4. The van der Waals surface area contributed by atoms with E-state index in [0.717, 1.165) is 54.9 Å². The van der Waals surface area contributed by atoms with Crippen molar-refractivity contribution >= 4 is 38.6 Å². The monoisotopic (exact) mass is 579 g/mol. The number of hydrogen-bond acceptors (Lipinski definition) is 6. The number of para-hydroxylation sites is 1. The molecule has 0 amide bonds. The smallest absolute Gasteiger partial charge is 0.405 e. The third-order valence-electron chi connectivity index (χ3n) is 6.75. The molecule has 2 aliphatic rings. The summed E-state index contributed by atoms with van der Waals surface area (Å²) in [6.45, 7) is 1.25. The number of alkyl halides is 3. The number of ether oxygens (including phenoxy) is 1. The van der Waals surface area contributed by atoms with Gasteiger partial charge in [0.05, 0.1) is 5.52 Å². The highest BCUT2D eigenvalue weighted by molar-refractivity contribution is 9.10. The van der Waals surface area contributed by atoms with Gasteiger partial charge in [0.15, 0.2) is 0 Å². The predicted octanol–water partition coefficient (Wildman–Crippen LogP) is 7.26. The Labute approximate surface area is 223 Å². The minimum absolute atomic E-state index is 0. The van der Waals surface area contributed by atoms with Crippen LogP contribution >= 0.6 is 15.9 Å². The van der Waals surface area contributed by atoms with Crippen molar-refractivity contribution in [3.8, 4) is 5.75 Å².